The zero-order chi connectivity index (χ0) is 27.4. The SMILES string of the molecule is Cc1ccc(CN2C(=O)O[C@@H](c3cccc(NC(=O)c4ccccc4)c3)[C@@H]2C(=O)Nc2ccc(F)cc2)cc1. The van der Waals surface area contributed by atoms with E-state index in [1.54, 1.807) is 48.5 Å². The van der Waals surface area contributed by atoms with Crippen LogP contribution in [0.25, 0.3) is 0 Å². The van der Waals surface area contributed by atoms with Gasteiger partial charge in [-0.15, -0.1) is 0 Å². The summed E-state index contributed by atoms with van der Waals surface area (Å²) >= 11 is 0. The van der Waals surface area contributed by atoms with Crippen LogP contribution in [-0.2, 0) is 16.1 Å². The fourth-order valence-corrected chi connectivity index (χ4v) is 4.44. The van der Waals surface area contributed by atoms with Gasteiger partial charge in [-0.25, -0.2) is 9.18 Å². The highest BCUT2D eigenvalue weighted by atomic mass is 19.1. The van der Waals surface area contributed by atoms with Crippen molar-refractivity contribution in [2.45, 2.75) is 25.6 Å². The van der Waals surface area contributed by atoms with Crippen LogP contribution in [0.5, 0.6) is 0 Å². The number of rotatable bonds is 7. The number of nitrogens with one attached hydrogen (secondary N) is 2. The summed E-state index contributed by atoms with van der Waals surface area (Å²) in [7, 11) is 0. The third-order valence-electron chi connectivity index (χ3n) is 6.45. The Morgan fingerprint density at radius 1 is 0.846 bits per heavy atom. The molecule has 4 aromatic carbocycles. The van der Waals surface area contributed by atoms with Gasteiger partial charge in [-0.3, -0.25) is 14.5 Å². The highest BCUT2D eigenvalue weighted by Gasteiger charge is 2.47. The molecule has 0 radical (unpaired) electrons. The van der Waals surface area contributed by atoms with Crippen LogP contribution in [0, 0.1) is 12.7 Å². The predicted molar refractivity (Wildman–Crippen MR) is 146 cm³/mol. The van der Waals surface area contributed by atoms with Crippen molar-refractivity contribution in [3.8, 4) is 0 Å². The van der Waals surface area contributed by atoms with Crippen LogP contribution in [-0.4, -0.2) is 28.8 Å². The molecule has 0 saturated carbocycles. The van der Waals surface area contributed by atoms with E-state index >= 15 is 0 Å². The molecule has 4 aromatic rings. The quantitative estimate of drug-likeness (QED) is 0.307. The highest BCUT2D eigenvalue weighted by Crippen LogP contribution is 2.35. The van der Waals surface area contributed by atoms with Gasteiger partial charge in [-0.1, -0.05) is 60.2 Å². The lowest BCUT2D eigenvalue weighted by Crippen LogP contribution is -2.43. The molecule has 1 fully saturated rings. The molecule has 196 valence electrons. The van der Waals surface area contributed by atoms with E-state index < -0.39 is 30.0 Å². The second kappa shape index (κ2) is 11.2. The van der Waals surface area contributed by atoms with Crippen LogP contribution >= 0.6 is 0 Å². The van der Waals surface area contributed by atoms with Crippen LogP contribution in [0.15, 0.2) is 103 Å². The summed E-state index contributed by atoms with van der Waals surface area (Å²) in [5.74, 6) is -1.20. The van der Waals surface area contributed by atoms with Crippen LogP contribution in [0.3, 0.4) is 0 Å². The van der Waals surface area contributed by atoms with Crippen molar-refractivity contribution in [1.82, 2.24) is 4.90 Å². The van der Waals surface area contributed by atoms with Gasteiger partial charge in [-0.2, -0.15) is 0 Å². The maximum absolute atomic E-state index is 13.6. The van der Waals surface area contributed by atoms with Crippen molar-refractivity contribution < 1.29 is 23.5 Å². The van der Waals surface area contributed by atoms with Crippen LogP contribution in [0.4, 0.5) is 20.6 Å². The van der Waals surface area contributed by atoms with Gasteiger partial charge in [0.1, 0.15) is 5.82 Å². The molecular weight excluding hydrogens is 497 g/mol. The lowest BCUT2D eigenvalue weighted by molar-refractivity contribution is -0.121. The first kappa shape index (κ1) is 25.7. The fraction of sp³-hybridized carbons (Fsp3) is 0.129. The molecule has 39 heavy (non-hydrogen) atoms. The summed E-state index contributed by atoms with van der Waals surface area (Å²) < 4.78 is 19.2. The lowest BCUT2D eigenvalue weighted by atomic mass is 9.99. The molecule has 1 aliphatic rings. The van der Waals surface area contributed by atoms with Gasteiger partial charge in [0.05, 0.1) is 6.54 Å². The van der Waals surface area contributed by atoms with E-state index in [-0.39, 0.29) is 12.5 Å². The molecule has 0 bridgehead atoms. The molecule has 7 nitrogen and oxygen atoms in total. The smallest absolute Gasteiger partial charge is 0.411 e. The molecular formula is C31H26FN3O4. The molecule has 2 N–H and O–H groups in total. The summed E-state index contributed by atoms with van der Waals surface area (Å²) in [5.41, 5.74) is 3.82. The normalized spacial score (nSPS) is 16.5. The molecule has 1 saturated heterocycles. The van der Waals surface area contributed by atoms with Gasteiger partial charge in [0, 0.05) is 16.9 Å². The number of anilines is 2. The molecule has 0 aliphatic carbocycles. The number of nitrogens with zero attached hydrogens (tertiary/aromatic N) is 1. The van der Waals surface area contributed by atoms with E-state index in [0.29, 0.717) is 22.5 Å². The average molecular weight is 524 g/mol. The van der Waals surface area contributed by atoms with Crippen LogP contribution in [0.2, 0.25) is 0 Å². The van der Waals surface area contributed by atoms with Crippen LogP contribution in [0.1, 0.15) is 33.2 Å². The summed E-state index contributed by atoms with van der Waals surface area (Å²) in [6, 6.07) is 27.7. The molecule has 0 spiro atoms. The second-order valence-corrected chi connectivity index (χ2v) is 9.30. The van der Waals surface area contributed by atoms with Crippen molar-refractivity contribution in [2.75, 3.05) is 10.6 Å². The Bertz CT molecular complexity index is 1490. The van der Waals surface area contributed by atoms with Gasteiger partial charge in [0.15, 0.2) is 12.1 Å². The third kappa shape index (κ3) is 5.96. The first-order valence-electron chi connectivity index (χ1n) is 12.4. The van der Waals surface area contributed by atoms with E-state index in [9.17, 15) is 18.8 Å². The number of ether oxygens (including phenoxy) is 1. The summed E-state index contributed by atoms with van der Waals surface area (Å²) in [5, 5.41) is 5.63. The molecule has 1 heterocycles. The monoisotopic (exact) mass is 523 g/mol. The number of halogens is 1. The van der Waals surface area contributed by atoms with E-state index in [4.69, 9.17) is 4.74 Å². The zero-order valence-electron chi connectivity index (χ0n) is 21.1. The highest BCUT2D eigenvalue weighted by molar-refractivity contribution is 6.04. The van der Waals surface area contributed by atoms with Gasteiger partial charge < -0.3 is 15.4 Å². The Morgan fingerprint density at radius 3 is 2.28 bits per heavy atom. The van der Waals surface area contributed by atoms with Gasteiger partial charge in [0.25, 0.3) is 11.8 Å². The van der Waals surface area contributed by atoms with Crippen molar-refractivity contribution >= 4 is 29.3 Å². The molecule has 5 rings (SSSR count). The predicted octanol–water partition coefficient (Wildman–Crippen LogP) is 6.09. The molecule has 3 amide bonds. The number of aryl methyl sites for hydroxylation is 1. The minimum atomic E-state index is -1.02. The largest absolute Gasteiger partial charge is 0.438 e. The number of cyclic esters (lactones) is 1. The topological polar surface area (TPSA) is 87.7 Å². The maximum Gasteiger partial charge on any atom is 0.411 e. The average Bonchev–Trinajstić information content (AvgIpc) is 3.27. The number of carbonyl (C=O) groups is 3. The Kier molecular flexibility index (Phi) is 7.36. The number of carbonyl (C=O) groups excluding carboxylic acids is 3. The summed E-state index contributed by atoms with van der Waals surface area (Å²) in [6.07, 6.45) is -1.59. The van der Waals surface area contributed by atoms with E-state index in [2.05, 4.69) is 10.6 Å². The number of amides is 3. The molecule has 2 atom stereocenters. The Hall–Kier alpha value is -4.98. The van der Waals surface area contributed by atoms with Crippen molar-refractivity contribution in [3.05, 3.63) is 131 Å². The van der Waals surface area contributed by atoms with Crippen molar-refractivity contribution in [1.29, 1.82) is 0 Å². The second-order valence-electron chi connectivity index (χ2n) is 9.30. The molecule has 8 heteroatoms. The van der Waals surface area contributed by atoms with E-state index in [1.807, 2.05) is 37.3 Å². The molecule has 0 aromatic heterocycles. The summed E-state index contributed by atoms with van der Waals surface area (Å²) in [4.78, 5) is 40.7. The lowest BCUT2D eigenvalue weighted by Gasteiger charge is -2.24. The first-order valence-corrected chi connectivity index (χ1v) is 12.4. The Labute approximate surface area is 225 Å². The zero-order valence-corrected chi connectivity index (χ0v) is 21.1. The minimum Gasteiger partial charge on any atom is -0.438 e. The number of benzene rings is 4. The van der Waals surface area contributed by atoms with Gasteiger partial charge in [0.2, 0.25) is 0 Å². The Morgan fingerprint density at radius 2 is 1.56 bits per heavy atom. The van der Waals surface area contributed by atoms with Gasteiger partial charge in [-0.05, 0) is 66.6 Å². The fourth-order valence-electron chi connectivity index (χ4n) is 4.44. The standard InChI is InChI=1S/C31H26FN3O4/c1-20-10-12-21(13-11-20)19-35-27(30(37)33-25-16-14-24(32)15-17-25)28(39-31(35)38)23-8-5-9-26(18-23)34-29(36)22-6-3-2-4-7-22/h2-18,27-28H,19H2,1H3,(H,33,37)(H,34,36)/t27-,28+/m1/s1. The number of hydrogen-bond acceptors (Lipinski definition) is 4. The Balaban J connectivity index is 1.44. The minimum absolute atomic E-state index is 0.154. The van der Waals surface area contributed by atoms with Crippen molar-refractivity contribution in [2.24, 2.45) is 0 Å². The number of hydrogen-bond donors (Lipinski definition) is 2. The van der Waals surface area contributed by atoms with E-state index in [1.165, 1.54) is 29.2 Å². The van der Waals surface area contributed by atoms with Crippen LogP contribution < -0.4 is 10.6 Å². The molecule has 1 aliphatic heterocycles. The van der Waals surface area contributed by atoms with Crippen molar-refractivity contribution in [3.63, 3.8) is 0 Å². The maximum atomic E-state index is 13.6. The summed E-state index contributed by atoms with van der Waals surface area (Å²) in [6.45, 7) is 2.12. The molecule has 0 unspecified atom stereocenters. The van der Waals surface area contributed by atoms with Gasteiger partial charge >= 0.3 is 6.09 Å². The first-order chi connectivity index (χ1) is 18.9. The van der Waals surface area contributed by atoms with E-state index in [0.717, 1.165) is 11.1 Å². The third-order valence-corrected chi connectivity index (χ3v) is 6.45.